The van der Waals surface area contributed by atoms with E-state index >= 15 is 0 Å². The molecule has 1 aliphatic rings. The number of carbonyl (C=O) groups excluding carboxylic acids is 1. The molecule has 0 bridgehead atoms. The van der Waals surface area contributed by atoms with E-state index in [1.807, 2.05) is 49.1 Å². The minimum atomic E-state index is 0.0676. The van der Waals surface area contributed by atoms with E-state index in [0.29, 0.717) is 17.9 Å². The molecule has 2 heterocycles. The number of nitrogens with zero attached hydrogens (tertiary/aromatic N) is 3. The van der Waals surface area contributed by atoms with Crippen molar-refractivity contribution in [3.05, 3.63) is 47.3 Å². The fourth-order valence-corrected chi connectivity index (χ4v) is 3.30. The van der Waals surface area contributed by atoms with Gasteiger partial charge in [-0.25, -0.2) is 9.97 Å². The molecule has 1 saturated heterocycles. The Bertz CT molecular complexity index is 706. The van der Waals surface area contributed by atoms with Gasteiger partial charge in [0, 0.05) is 41.6 Å². The highest BCUT2D eigenvalue weighted by molar-refractivity contribution is 5.95. The van der Waals surface area contributed by atoms with Crippen LogP contribution in [0.25, 0.3) is 11.4 Å². The monoisotopic (exact) mass is 324 g/mol. The van der Waals surface area contributed by atoms with Crippen LogP contribution in [0.5, 0.6) is 0 Å². The lowest BCUT2D eigenvalue weighted by Gasteiger charge is -2.35. The largest absolute Gasteiger partial charge is 0.334 e. The normalized spacial score (nSPS) is 17.8. The topological polar surface area (TPSA) is 72.1 Å². The molecule has 0 spiro atoms. The summed E-state index contributed by atoms with van der Waals surface area (Å²) >= 11 is 0. The third-order valence-electron chi connectivity index (χ3n) is 4.53. The molecule has 0 aliphatic carbocycles. The number of benzene rings is 1. The molecular formula is C19H24N4O. The molecule has 2 aromatic rings. The molecule has 1 aliphatic heterocycles. The Balaban J connectivity index is 1.82. The van der Waals surface area contributed by atoms with E-state index in [9.17, 15) is 4.79 Å². The summed E-state index contributed by atoms with van der Waals surface area (Å²) in [6.07, 6.45) is 3.20. The van der Waals surface area contributed by atoms with E-state index in [0.717, 1.165) is 42.8 Å². The Hall–Kier alpha value is -2.27. The van der Waals surface area contributed by atoms with Crippen LogP contribution < -0.4 is 5.73 Å². The fraction of sp³-hybridized carbons (Fsp3) is 0.421. The molecule has 0 radical (unpaired) electrons. The van der Waals surface area contributed by atoms with E-state index in [2.05, 4.69) is 9.97 Å². The second kappa shape index (κ2) is 7.09. The van der Waals surface area contributed by atoms with Crippen molar-refractivity contribution in [2.75, 3.05) is 13.1 Å². The van der Waals surface area contributed by atoms with E-state index < -0.39 is 0 Å². The van der Waals surface area contributed by atoms with Crippen molar-refractivity contribution in [3.8, 4) is 11.4 Å². The number of amides is 1. The first-order valence-corrected chi connectivity index (χ1v) is 8.52. The molecule has 5 nitrogen and oxygen atoms in total. The summed E-state index contributed by atoms with van der Waals surface area (Å²) in [6.45, 7) is 5.24. The highest BCUT2D eigenvalue weighted by Gasteiger charge is 2.26. The zero-order valence-corrected chi connectivity index (χ0v) is 14.3. The molecule has 1 amide bonds. The van der Waals surface area contributed by atoms with E-state index in [4.69, 9.17) is 5.73 Å². The molecule has 126 valence electrons. The second-order valence-corrected chi connectivity index (χ2v) is 6.44. The summed E-state index contributed by atoms with van der Waals surface area (Å²) in [6, 6.07) is 9.67. The molecule has 1 atom stereocenters. The average Bonchev–Trinajstić information content (AvgIpc) is 2.60. The quantitative estimate of drug-likeness (QED) is 0.942. The van der Waals surface area contributed by atoms with Gasteiger partial charge in [-0.15, -0.1) is 0 Å². The number of likely N-dealkylation sites (tertiary alicyclic amines) is 1. The summed E-state index contributed by atoms with van der Waals surface area (Å²) in [5.74, 6) is 0.766. The smallest absolute Gasteiger partial charge is 0.254 e. The van der Waals surface area contributed by atoms with Gasteiger partial charge in [0.25, 0.3) is 5.91 Å². The van der Waals surface area contributed by atoms with Crippen LogP contribution in [-0.4, -0.2) is 39.9 Å². The van der Waals surface area contributed by atoms with Gasteiger partial charge in [-0.05, 0) is 51.3 Å². The maximum atomic E-state index is 12.8. The minimum Gasteiger partial charge on any atom is -0.334 e. The van der Waals surface area contributed by atoms with Crippen molar-refractivity contribution in [1.82, 2.24) is 14.9 Å². The van der Waals surface area contributed by atoms with Gasteiger partial charge in [0.2, 0.25) is 0 Å². The van der Waals surface area contributed by atoms with Crippen LogP contribution in [0.3, 0.4) is 0 Å². The number of aryl methyl sites for hydroxylation is 2. The van der Waals surface area contributed by atoms with Gasteiger partial charge in [-0.2, -0.15) is 0 Å². The number of carbonyl (C=O) groups is 1. The first-order valence-electron chi connectivity index (χ1n) is 8.52. The maximum absolute atomic E-state index is 12.8. The van der Waals surface area contributed by atoms with Gasteiger partial charge in [0.05, 0.1) is 0 Å². The van der Waals surface area contributed by atoms with E-state index in [1.54, 1.807) is 0 Å². The number of rotatable bonds is 3. The molecule has 0 unspecified atom stereocenters. The highest BCUT2D eigenvalue weighted by atomic mass is 16.2. The van der Waals surface area contributed by atoms with Gasteiger partial charge in [0.1, 0.15) is 0 Å². The van der Waals surface area contributed by atoms with Crippen LogP contribution in [0, 0.1) is 13.8 Å². The number of hydrogen-bond acceptors (Lipinski definition) is 4. The highest BCUT2D eigenvalue weighted by Crippen LogP contribution is 2.21. The van der Waals surface area contributed by atoms with Crippen LogP contribution in [0.15, 0.2) is 30.3 Å². The fourth-order valence-electron chi connectivity index (χ4n) is 3.30. The number of hydrogen-bond donors (Lipinski definition) is 1. The van der Waals surface area contributed by atoms with Crippen LogP contribution in [0.2, 0.25) is 0 Å². The van der Waals surface area contributed by atoms with Crippen molar-refractivity contribution >= 4 is 5.91 Å². The summed E-state index contributed by atoms with van der Waals surface area (Å²) in [7, 11) is 0. The van der Waals surface area contributed by atoms with Crippen molar-refractivity contribution in [2.24, 2.45) is 5.73 Å². The molecule has 1 aromatic carbocycles. The van der Waals surface area contributed by atoms with Gasteiger partial charge in [0.15, 0.2) is 5.82 Å². The van der Waals surface area contributed by atoms with Crippen molar-refractivity contribution in [3.63, 3.8) is 0 Å². The number of piperidine rings is 1. The summed E-state index contributed by atoms with van der Waals surface area (Å²) in [5.41, 5.74) is 9.33. The predicted molar refractivity (Wildman–Crippen MR) is 94.7 cm³/mol. The minimum absolute atomic E-state index is 0.0676. The SMILES string of the molecule is Cc1cc(C)nc(-c2ccc(C(=O)N3CCCC[C@@H]3CN)cc2)n1. The standard InChI is InChI=1S/C19H24N4O/c1-13-11-14(2)22-18(21-13)15-6-8-16(9-7-15)19(24)23-10-4-3-5-17(23)12-20/h6-9,11,17H,3-5,10,12,20H2,1-2H3/t17-/m1/s1. The lowest BCUT2D eigenvalue weighted by atomic mass is 10.0. The van der Waals surface area contributed by atoms with Crippen molar-refractivity contribution in [1.29, 1.82) is 0 Å². The third-order valence-corrected chi connectivity index (χ3v) is 4.53. The van der Waals surface area contributed by atoms with Crippen LogP contribution >= 0.6 is 0 Å². The summed E-state index contributed by atoms with van der Waals surface area (Å²) in [4.78, 5) is 23.6. The molecule has 24 heavy (non-hydrogen) atoms. The Labute approximate surface area is 142 Å². The molecule has 0 saturated carbocycles. The number of aromatic nitrogens is 2. The first-order chi connectivity index (χ1) is 11.6. The van der Waals surface area contributed by atoms with E-state index in [-0.39, 0.29) is 11.9 Å². The molecule has 2 N–H and O–H groups in total. The molecule has 5 heteroatoms. The van der Waals surface area contributed by atoms with Crippen LogP contribution in [0.1, 0.15) is 41.0 Å². The maximum Gasteiger partial charge on any atom is 0.254 e. The van der Waals surface area contributed by atoms with Crippen molar-refractivity contribution < 1.29 is 4.79 Å². The molecular weight excluding hydrogens is 300 g/mol. The van der Waals surface area contributed by atoms with Gasteiger partial charge >= 0.3 is 0 Å². The van der Waals surface area contributed by atoms with Gasteiger partial charge < -0.3 is 10.6 Å². The molecule has 1 aromatic heterocycles. The Morgan fingerprint density at radius 2 is 1.83 bits per heavy atom. The van der Waals surface area contributed by atoms with Gasteiger partial charge in [-0.1, -0.05) is 12.1 Å². The second-order valence-electron chi connectivity index (χ2n) is 6.44. The average molecular weight is 324 g/mol. The Kier molecular flexibility index (Phi) is 4.90. The Morgan fingerprint density at radius 3 is 2.46 bits per heavy atom. The zero-order valence-electron chi connectivity index (χ0n) is 14.3. The van der Waals surface area contributed by atoms with Gasteiger partial charge in [-0.3, -0.25) is 4.79 Å². The number of nitrogens with two attached hydrogens (primary N) is 1. The Morgan fingerprint density at radius 1 is 1.17 bits per heavy atom. The lowest BCUT2D eigenvalue weighted by molar-refractivity contribution is 0.0623. The predicted octanol–water partition coefficient (Wildman–Crippen LogP) is 2.71. The molecule has 3 rings (SSSR count). The van der Waals surface area contributed by atoms with E-state index in [1.165, 1.54) is 0 Å². The van der Waals surface area contributed by atoms with Crippen LogP contribution in [-0.2, 0) is 0 Å². The van der Waals surface area contributed by atoms with Crippen molar-refractivity contribution in [2.45, 2.75) is 39.2 Å². The zero-order chi connectivity index (χ0) is 17.1. The molecule has 1 fully saturated rings. The lowest BCUT2D eigenvalue weighted by Crippen LogP contribution is -2.47. The third kappa shape index (κ3) is 3.46. The summed E-state index contributed by atoms with van der Waals surface area (Å²) < 4.78 is 0. The van der Waals surface area contributed by atoms with Crippen LogP contribution in [0.4, 0.5) is 0 Å². The summed E-state index contributed by atoms with van der Waals surface area (Å²) in [5, 5.41) is 0. The first kappa shape index (κ1) is 16.6.